The van der Waals surface area contributed by atoms with Crippen LogP contribution in [0.4, 0.5) is 13.2 Å². The molecule has 0 aromatic rings. The Bertz CT molecular complexity index is 184. The summed E-state index contributed by atoms with van der Waals surface area (Å²) in [5.74, 6) is 0. The number of hydrogen-bond acceptors (Lipinski definition) is 2. The molecule has 13 heavy (non-hydrogen) atoms. The van der Waals surface area contributed by atoms with Crippen LogP contribution in [-0.2, 0) is 0 Å². The van der Waals surface area contributed by atoms with Gasteiger partial charge in [-0.25, -0.2) is 0 Å². The smallest absolute Gasteiger partial charge is 0.380 e. The van der Waals surface area contributed by atoms with Crippen molar-refractivity contribution in [2.45, 2.75) is 45.0 Å². The molecule has 0 aliphatic carbocycles. The lowest BCUT2D eigenvalue weighted by Gasteiger charge is -2.24. The normalized spacial score (nSPS) is 18.2. The topological polar surface area (TPSA) is 32.6 Å². The van der Waals surface area contributed by atoms with Crippen molar-refractivity contribution in [2.24, 2.45) is 4.99 Å². The Hall–Kier alpha value is -0.580. The Morgan fingerprint density at radius 2 is 1.85 bits per heavy atom. The quantitative estimate of drug-likeness (QED) is 0.691. The summed E-state index contributed by atoms with van der Waals surface area (Å²) in [6.07, 6.45) is -4.00. The van der Waals surface area contributed by atoms with Gasteiger partial charge < -0.3 is 5.11 Å². The molecule has 2 nitrogen and oxygen atoms in total. The van der Waals surface area contributed by atoms with E-state index in [0.717, 1.165) is 13.1 Å². The summed E-state index contributed by atoms with van der Waals surface area (Å²) in [7, 11) is 0. The van der Waals surface area contributed by atoms with E-state index in [2.05, 4.69) is 4.99 Å². The molecule has 0 aromatic carbocycles. The molecule has 0 unspecified atom stereocenters. The minimum Gasteiger partial charge on any atom is -0.380 e. The number of halogens is 3. The molecule has 0 fully saturated rings. The van der Waals surface area contributed by atoms with Crippen molar-refractivity contribution >= 4 is 6.21 Å². The summed E-state index contributed by atoms with van der Waals surface area (Å²) in [6, 6.07) is -0.0518. The molecular weight excluding hydrogens is 183 g/mol. The first-order valence-corrected chi connectivity index (χ1v) is 3.97. The number of alkyl halides is 3. The first-order chi connectivity index (χ1) is 5.67. The van der Waals surface area contributed by atoms with Gasteiger partial charge in [-0.15, -0.1) is 0 Å². The monoisotopic (exact) mass is 197 g/mol. The van der Waals surface area contributed by atoms with Gasteiger partial charge in [-0.05, 0) is 20.8 Å². The maximum atomic E-state index is 12.0. The molecule has 5 heteroatoms. The molecule has 0 saturated heterocycles. The van der Waals surface area contributed by atoms with Gasteiger partial charge in [-0.3, -0.25) is 4.99 Å². The lowest BCUT2D eigenvalue weighted by molar-refractivity contribution is -0.249. The van der Waals surface area contributed by atoms with Crippen LogP contribution in [0.1, 0.15) is 27.2 Å². The Morgan fingerprint density at radius 3 is 2.15 bits per heavy atom. The first-order valence-electron chi connectivity index (χ1n) is 3.97. The van der Waals surface area contributed by atoms with E-state index in [1.807, 2.05) is 0 Å². The molecule has 0 radical (unpaired) electrons. The maximum Gasteiger partial charge on any atom is 0.417 e. The third kappa shape index (κ3) is 4.26. The van der Waals surface area contributed by atoms with Crippen molar-refractivity contribution in [3.63, 3.8) is 0 Å². The molecule has 0 amide bonds. The summed E-state index contributed by atoms with van der Waals surface area (Å²) in [4.78, 5) is 3.74. The standard InChI is InChI=1S/C8H14F3NO/c1-6(2)12-5-4-7(3,13)8(9,10)11/h5-6,13H,4H2,1-3H3/t7-/m0/s1. The number of aliphatic imine (C=N–C) groups is 1. The fraction of sp³-hybridized carbons (Fsp3) is 0.875. The van der Waals surface area contributed by atoms with Crippen molar-refractivity contribution < 1.29 is 18.3 Å². The van der Waals surface area contributed by atoms with E-state index in [0.29, 0.717) is 0 Å². The fourth-order valence-electron chi connectivity index (χ4n) is 0.557. The van der Waals surface area contributed by atoms with Crippen LogP contribution in [0.3, 0.4) is 0 Å². The molecule has 1 N–H and O–H groups in total. The first kappa shape index (κ1) is 12.4. The zero-order valence-electron chi connectivity index (χ0n) is 7.89. The molecule has 78 valence electrons. The highest BCUT2D eigenvalue weighted by Crippen LogP contribution is 2.31. The predicted octanol–water partition coefficient (Wildman–Crippen LogP) is 2.17. The van der Waals surface area contributed by atoms with Gasteiger partial charge >= 0.3 is 6.18 Å². The van der Waals surface area contributed by atoms with Crippen LogP contribution < -0.4 is 0 Å². The number of nitrogens with zero attached hydrogens (tertiary/aromatic N) is 1. The van der Waals surface area contributed by atoms with Crippen molar-refractivity contribution in [1.82, 2.24) is 0 Å². The van der Waals surface area contributed by atoms with Gasteiger partial charge in [0.15, 0.2) is 5.60 Å². The molecule has 0 saturated carbocycles. The average Bonchev–Trinajstić information content (AvgIpc) is 1.82. The van der Waals surface area contributed by atoms with Crippen LogP contribution in [-0.4, -0.2) is 29.1 Å². The summed E-state index contributed by atoms with van der Waals surface area (Å²) < 4.78 is 36.1. The summed E-state index contributed by atoms with van der Waals surface area (Å²) in [5.41, 5.74) is -2.68. The van der Waals surface area contributed by atoms with Crippen LogP contribution in [0.2, 0.25) is 0 Å². The third-order valence-corrected chi connectivity index (χ3v) is 1.50. The van der Waals surface area contributed by atoms with E-state index in [1.165, 1.54) is 0 Å². The van der Waals surface area contributed by atoms with Crippen molar-refractivity contribution in [3.8, 4) is 0 Å². The fourth-order valence-corrected chi connectivity index (χ4v) is 0.557. The highest BCUT2D eigenvalue weighted by atomic mass is 19.4. The second-order valence-electron chi connectivity index (χ2n) is 3.40. The van der Waals surface area contributed by atoms with Gasteiger partial charge in [-0.2, -0.15) is 13.2 Å². The molecule has 0 spiro atoms. The van der Waals surface area contributed by atoms with Crippen LogP contribution in [0, 0.1) is 0 Å². The third-order valence-electron chi connectivity index (χ3n) is 1.50. The van der Waals surface area contributed by atoms with E-state index in [1.54, 1.807) is 13.8 Å². The lowest BCUT2D eigenvalue weighted by atomic mass is 10.0. The van der Waals surface area contributed by atoms with Gasteiger partial charge in [0.25, 0.3) is 0 Å². The van der Waals surface area contributed by atoms with Crippen LogP contribution >= 0.6 is 0 Å². The van der Waals surface area contributed by atoms with Crippen LogP contribution in [0.25, 0.3) is 0 Å². The minimum atomic E-state index is -4.60. The second-order valence-corrected chi connectivity index (χ2v) is 3.40. The van der Waals surface area contributed by atoms with Crippen LogP contribution in [0.15, 0.2) is 4.99 Å². The van der Waals surface area contributed by atoms with Crippen molar-refractivity contribution in [3.05, 3.63) is 0 Å². The van der Waals surface area contributed by atoms with Crippen molar-refractivity contribution in [1.29, 1.82) is 0 Å². The summed E-state index contributed by atoms with van der Waals surface area (Å²) in [5, 5.41) is 8.95. The average molecular weight is 197 g/mol. The highest BCUT2D eigenvalue weighted by molar-refractivity contribution is 5.59. The zero-order valence-corrected chi connectivity index (χ0v) is 7.89. The summed E-state index contributed by atoms with van der Waals surface area (Å²) in [6.45, 7) is 4.23. The predicted molar refractivity (Wildman–Crippen MR) is 44.9 cm³/mol. The SMILES string of the molecule is CC(C)N=CC[C@](C)(O)C(F)(F)F. The van der Waals surface area contributed by atoms with Gasteiger partial charge in [0, 0.05) is 18.7 Å². The van der Waals surface area contributed by atoms with Gasteiger partial charge in [0.1, 0.15) is 0 Å². The van der Waals surface area contributed by atoms with Gasteiger partial charge in [-0.1, -0.05) is 0 Å². The largest absolute Gasteiger partial charge is 0.417 e. The van der Waals surface area contributed by atoms with E-state index >= 15 is 0 Å². The van der Waals surface area contributed by atoms with Gasteiger partial charge in [0.05, 0.1) is 0 Å². The Kier molecular flexibility index (Phi) is 3.90. The molecule has 0 bridgehead atoms. The second kappa shape index (κ2) is 4.09. The highest BCUT2D eigenvalue weighted by Gasteiger charge is 2.48. The zero-order chi connectivity index (χ0) is 10.7. The molecule has 0 aromatic heterocycles. The van der Waals surface area contributed by atoms with Crippen LogP contribution in [0.5, 0.6) is 0 Å². The lowest BCUT2D eigenvalue weighted by Crippen LogP contribution is -2.42. The van der Waals surface area contributed by atoms with E-state index in [-0.39, 0.29) is 6.04 Å². The molecule has 0 heterocycles. The molecule has 0 rings (SSSR count). The molecule has 0 aliphatic rings. The van der Waals surface area contributed by atoms with Gasteiger partial charge in [0.2, 0.25) is 0 Å². The maximum absolute atomic E-state index is 12.0. The van der Waals surface area contributed by atoms with E-state index in [4.69, 9.17) is 5.11 Å². The molecular formula is C8H14F3NO. The summed E-state index contributed by atoms with van der Waals surface area (Å²) >= 11 is 0. The van der Waals surface area contributed by atoms with E-state index < -0.39 is 18.2 Å². The Balaban J connectivity index is 4.20. The van der Waals surface area contributed by atoms with Crippen molar-refractivity contribution in [2.75, 3.05) is 0 Å². The minimum absolute atomic E-state index is 0.0518. The number of hydrogen-bond donors (Lipinski definition) is 1. The number of aliphatic hydroxyl groups is 1. The Morgan fingerprint density at radius 1 is 1.38 bits per heavy atom. The number of rotatable bonds is 3. The Labute approximate surface area is 75.5 Å². The molecule has 0 aliphatic heterocycles. The molecule has 1 atom stereocenters. The van der Waals surface area contributed by atoms with E-state index in [9.17, 15) is 13.2 Å².